The molecule has 1 aromatic rings. The lowest BCUT2D eigenvalue weighted by Crippen LogP contribution is -2.49. The van der Waals surface area contributed by atoms with E-state index in [9.17, 15) is 9.90 Å². The van der Waals surface area contributed by atoms with Crippen LogP contribution >= 0.6 is 11.6 Å². The van der Waals surface area contributed by atoms with E-state index in [-0.39, 0.29) is 17.7 Å². The summed E-state index contributed by atoms with van der Waals surface area (Å²) in [5, 5.41) is 9.78. The van der Waals surface area contributed by atoms with Gasteiger partial charge < -0.3 is 14.7 Å². The van der Waals surface area contributed by atoms with Gasteiger partial charge in [0.2, 0.25) is 0 Å². The van der Waals surface area contributed by atoms with E-state index in [1.165, 1.54) is 0 Å². The molecule has 18 heavy (non-hydrogen) atoms. The number of nitrogens with zero attached hydrogens (tertiary/aromatic N) is 1. The van der Waals surface area contributed by atoms with Crippen molar-refractivity contribution in [3.63, 3.8) is 0 Å². The highest BCUT2D eigenvalue weighted by molar-refractivity contribution is 6.18. The Labute approximate surface area is 111 Å². The van der Waals surface area contributed by atoms with Gasteiger partial charge in [-0.2, -0.15) is 0 Å². The van der Waals surface area contributed by atoms with Crippen molar-refractivity contribution in [3.8, 4) is 5.75 Å². The number of alkyl halides is 1. The van der Waals surface area contributed by atoms with Crippen LogP contribution in [0.15, 0.2) is 18.2 Å². The predicted octanol–water partition coefficient (Wildman–Crippen LogP) is 1.78. The van der Waals surface area contributed by atoms with E-state index in [1.807, 2.05) is 6.92 Å². The Morgan fingerprint density at radius 3 is 3.11 bits per heavy atom. The standard InChI is InChI=1S/C13H16ClNO3/c1-9-2-3-12(16)11(6-9)13(17)15-4-5-18-8-10(15)7-14/h2-3,6,10,16H,4-5,7-8H2,1H3. The highest BCUT2D eigenvalue weighted by Crippen LogP contribution is 2.22. The number of carbonyl (C=O) groups is 1. The van der Waals surface area contributed by atoms with Crippen LogP contribution in [0.1, 0.15) is 15.9 Å². The molecule has 0 aromatic heterocycles. The lowest BCUT2D eigenvalue weighted by Gasteiger charge is -2.34. The van der Waals surface area contributed by atoms with Gasteiger partial charge in [0, 0.05) is 12.4 Å². The predicted molar refractivity (Wildman–Crippen MR) is 69.2 cm³/mol. The summed E-state index contributed by atoms with van der Waals surface area (Å²) < 4.78 is 5.30. The van der Waals surface area contributed by atoms with Crippen molar-refractivity contribution >= 4 is 17.5 Å². The minimum absolute atomic E-state index is 0.00501. The third-order valence-electron chi connectivity index (χ3n) is 3.05. The molecule has 1 heterocycles. The molecule has 98 valence electrons. The van der Waals surface area contributed by atoms with E-state index in [2.05, 4.69) is 0 Å². The topological polar surface area (TPSA) is 49.8 Å². The SMILES string of the molecule is Cc1ccc(O)c(C(=O)N2CCOCC2CCl)c1. The van der Waals surface area contributed by atoms with E-state index >= 15 is 0 Å². The van der Waals surface area contributed by atoms with E-state index < -0.39 is 0 Å². The average molecular weight is 270 g/mol. The lowest BCUT2D eigenvalue weighted by atomic mass is 10.1. The van der Waals surface area contributed by atoms with Gasteiger partial charge in [-0.05, 0) is 19.1 Å². The molecule has 1 fully saturated rings. The summed E-state index contributed by atoms with van der Waals surface area (Å²) in [4.78, 5) is 14.1. The second-order valence-corrected chi connectivity index (χ2v) is 4.71. The van der Waals surface area contributed by atoms with Crippen LogP contribution in [0, 0.1) is 6.92 Å². The Hall–Kier alpha value is -1.26. The zero-order chi connectivity index (χ0) is 13.1. The zero-order valence-corrected chi connectivity index (χ0v) is 11.0. The molecule has 0 radical (unpaired) electrons. The maximum atomic E-state index is 12.4. The van der Waals surface area contributed by atoms with Gasteiger partial charge in [-0.25, -0.2) is 0 Å². The molecule has 1 N–H and O–H groups in total. The number of aromatic hydroxyl groups is 1. The molecule has 4 nitrogen and oxygen atoms in total. The molecule has 0 aliphatic carbocycles. The van der Waals surface area contributed by atoms with Crippen LogP contribution in [-0.4, -0.2) is 47.6 Å². The van der Waals surface area contributed by atoms with Crippen molar-refractivity contribution < 1.29 is 14.6 Å². The molecule has 0 bridgehead atoms. The summed E-state index contributed by atoms with van der Waals surface area (Å²) >= 11 is 5.84. The summed E-state index contributed by atoms with van der Waals surface area (Å²) in [6.45, 7) is 3.34. The number of benzene rings is 1. The molecule has 1 aliphatic rings. The number of halogens is 1. The van der Waals surface area contributed by atoms with Gasteiger partial charge in [0.25, 0.3) is 5.91 Å². The number of morpholine rings is 1. The molecule has 1 saturated heterocycles. The largest absolute Gasteiger partial charge is 0.507 e. The van der Waals surface area contributed by atoms with Gasteiger partial charge in [0.1, 0.15) is 5.75 Å². The van der Waals surface area contributed by atoms with Gasteiger partial charge in [-0.3, -0.25) is 4.79 Å². The maximum Gasteiger partial charge on any atom is 0.258 e. The molecule has 1 amide bonds. The minimum atomic E-state index is -0.190. The molecular formula is C13H16ClNO3. The zero-order valence-electron chi connectivity index (χ0n) is 10.2. The Kier molecular flexibility index (Phi) is 4.09. The van der Waals surface area contributed by atoms with Gasteiger partial charge >= 0.3 is 0 Å². The first kappa shape index (κ1) is 13.2. The molecular weight excluding hydrogens is 254 g/mol. The molecule has 1 atom stereocenters. The smallest absolute Gasteiger partial charge is 0.258 e. The Bertz CT molecular complexity index is 450. The normalized spacial score (nSPS) is 19.9. The third kappa shape index (κ3) is 2.60. The molecule has 0 spiro atoms. The van der Waals surface area contributed by atoms with Crippen LogP contribution in [0.3, 0.4) is 0 Å². The van der Waals surface area contributed by atoms with Gasteiger partial charge in [0.15, 0.2) is 0 Å². The Morgan fingerprint density at radius 2 is 2.39 bits per heavy atom. The second kappa shape index (κ2) is 5.59. The number of phenolic OH excluding ortho intramolecular Hbond substituents is 1. The molecule has 5 heteroatoms. The fraction of sp³-hybridized carbons (Fsp3) is 0.462. The van der Waals surface area contributed by atoms with E-state index in [1.54, 1.807) is 23.1 Å². The van der Waals surface area contributed by atoms with Crippen molar-refractivity contribution in [2.45, 2.75) is 13.0 Å². The number of hydrogen-bond acceptors (Lipinski definition) is 3. The molecule has 1 aliphatic heterocycles. The number of phenols is 1. The number of rotatable bonds is 2. The van der Waals surface area contributed by atoms with Crippen molar-refractivity contribution in [2.24, 2.45) is 0 Å². The third-order valence-corrected chi connectivity index (χ3v) is 3.41. The van der Waals surface area contributed by atoms with Crippen LogP contribution in [0.25, 0.3) is 0 Å². The molecule has 1 unspecified atom stereocenters. The minimum Gasteiger partial charge on any atom is -0.507 e. The van der Waals surface area contributed by atoms with Crippen LogP contribution in [0.2, 0.25) is 0 Å². The van der Waals surface area contributed by atoms with Gasteiger partial charge in [-0.15, -0.1) is 11.6 Å². The van der Waals surface area contributed by atoms with Crippen molar-refractivity contribution in [2.75, 3.05) is 25.6 Å². The van der Waals surface area contributed by atoms with E-state index in [4.69, 9.17) is 16.3 Å². The summed E-state index contributed by atoms with van der Waals surface area (Å²) in [7, 11) is 0. The molecule has 0 saturated carbocycles. The maximum absolute atomic E-state index is 12.4. The summed E-state index contributed by atoms with van der Waals surface area (Å²) in [6, 6.07) is 4.87. The number of ether oxygens (including phenoxy) is 1. The summed E-state index contributed by atoms with van der Waals surface area (Å²) in [5.41, 5.74) is 1.26. The number of amides is 1. The van der Waals surface area contributed by atoms with Crippen molar-refractivity contribution in [1.29, 1.82) is 0 Å². The first-order valence-corrected chi connectivity index (χ1v) is 6.41. The lowest BCUT2D eigenvalue weighted by molar-refractivity contribution is 0.00441. The Morgan fingerprint density at radius 1 is 1.61 bits per heavy atom. The second-order valence-electron chi connectivity index (χ2n) is 4.40. The first-order chi connectivity index (χ1) is 8.63. The number of carbonyl (C=O) groups excluding carboxylic acids is 1. The average Bonchev–Trinajstić information content (AvgIpc) is 2.40. The quantitative estimate of drug-likeness (QED) is 0.833. The number of hydrogen-bond donors (Lipinski definition) is 1. The highest BCUT2D eigenvalue weighted by atomic mass is 35.5. The van der Waals surface area contributed by atoms with Crippen LogP contribution in [-0.2, 0) is 4.74 Å². The van der Waals surface area contributed by atoms with Crippen LogP contribution in [0.4, 0.5) is 0 Å². The molecule has 1 aromatic carbocycles. The van der Waals surface area contributed by atoms with Crippen LogP contribution in [0.5, 0.6) is 5.75 Å². The van der Waals surface area contributed by atoms with Gasteiger partial charge in [0.05, 0.1) is 24.8 Å². The summed E-state index contributed by atoms with van der Waals surface area (Å²) in [6.07, 6.45) is 0. The van der Waals surface area contributed by atoms with Crippen LogP contribution < -0.4 is 0 Å². The Balaban J connectivity index is 2.26. The fourth-order valence-electron chi connectivity index (χ4n) is 2.03. The van der Waals surface area contributed by atoms with Gasteiger partial charge in [-0.1, -0.05) is 11.6 Å². The number of aryl methyl sites for hydroxylation is 1. The van der Waals surface area contributed by atoms with E-state index in [0.29, 0.717) is 31.2 Å². The van der Waals surface area contributed by atoms with E-state index in [0.717, 1.165) is 5.56 Å². The fourth-order valence-corrected chi connectivity index (χ4v) is 2.28. The molecule has 2 rings (SSSR count). The first-order valence-electron chi connectivity index (χ1n) is 5.87. The van der Waals surface area contributed by atoms with Crippen molar-refractivity contribution in [1.82, 2.24) is 4.90 Å². The highest BCUT2D eigenvalue weighted by Gasteiger charge is 2.28. The summed E-state index contributed by atoms with van der Waals surface area (Å²) in [5.74, 6) is 0.147. The van der Waals surface area contributed by atoms with Crippen molar-refractivity contribution in [3.05, 3.63) is 29.3 Å². The monoisotopic (exact) mass is 269 g/mol.